The van der Waals surface area contributed by atoms with Gasteiger partial charge >= 0.3 is 0 Å². The quantitative estimate of drug-likeness (QED) is 0.568. The number of aryl methyl sites for hydroxylation is 1. The van der Waals surface area contributed by atoms with Crippen molar-refractivity contribution in [1.82, 2.24) is 4.98 Å². The zero-order valence-corrected chi connectivity index (χ0v) is 14.4. The van der Waals surface area contributed by atoms with Crippen LogP contribution in [0.2, 0.25) is 0 Å². The highest BCUT2D eigenvalue weighted by Gasteiger charge is 2.23. The lowest BCUT2D eigenvalue weighted by atomic mass is 10.1. The predicted octanol–water partition coefficient (Wildman–Crippen LogP) is 3.56. The number of para-hydroxylation sites is 1. The minimum atomic E-state index is -4.01. The summed E-state index contributed by atoms with van der Waals surface area (Å²) in [5, 5.41) is 11.8. The Labute approximate surface area is 144 Å². The number of nitro groups is 1. The second kappa shape index (κ2) is 6.14. The van der Waals surface area contributed by atoms with Gasteiger partial charge in [-0.2, -0.15) is 0 Å². The first-order valence-electron chi connectivity index (χ1n) is 7.42. The van der Waals surface area contributed by atoms with Crippen molar-refractivity contribution in [3.8, 4) is 0 Å². The molecule has 128 valence electrons. The first kappa shape index (κ1) is 16.8. The second-order valence-corrected chi connectivity index (χ2v) is 7.28. The van der Waals surface area contributed by atoms with Crippen molar-refractivity contribution in [2.75, 3.05) is 4.72 Å². The summed E-state index contributed by atoms with van der Waals surface area (Å²) in [6.07, 6.45) is 1.57. The molecule has 3 aromatic rings. The van der Waals surface area contributed by atoms with E-state index in [1.54, 1.807) is 38.2 Å². The maximum atomic E-state index is 12.8. The Morgan fingerprint density at radius 2 is 1.84 bits per heavy atom. The minimum absolute atomic E-state index is 0.118. The highest BCUT2D eigenvalue weighted by atomic mass is 32.2. The molecule has 0 atom stereocenters. The summed E-state index contributed by atoms with van der Waals surface area (Å²) in [7, 11) is -4.01. The van der Waals surface area contributed by atoms with Crippen molar-refractivity contribution < 1.29 is 13.3 Å². The molecule has 0 spiro atoms. The standard InChI is InChI=1S/C17H15N3O4S/c1-11-9-14(20(21)22)10-16(12(11)2)25(23,24)19-15-7-3-5-13-6-4-8-18-17(13)15/h3-10,19H,1-2H3. The fourth-order valence-corrected chi connectivity index (χ4v) is 3.98. The number of aromatic nitrogens is 1. The second-order valence-electron chi connectivity index (χ2n) is 5.63. The van der Waals surface area contributed by atoms with Crippen molar-refractivity contribution in [2.45, 2.75) is 18.7 Å². The molecule has 0 radical (unpaired) electrons. The number of nitrogens with one attached hydrogen (secondary N) is 1. The fourth-order valence-electron chi connectivity index (χ4n) is 2.58. The lowest BCUT2D eigenvalue weighted by Gasteiger charge is -2.13. The Bertz CT molecular complexity index is 1090. The number of nitro benzene ring substituents is 1. The summed E-state index contributed by atoms with van der Waals surface area (Å²) in [4.78, 5) is 14.5. The number of rotatable bonds is 4. The van der Waals surface area contributed by atoms with Gasteiger partial charge in [0.1, 0.15) is 0 Å². The number of sulfonamides is 1. The van der Waals surface area contributed by atoms with E-state index in [4.69, 9.17) is 0 Å². The van der Waals surface area contributed by atoms with Crippen LogP contribution in [0.4, 0.5) is 11.4 Å². The third-order valence-electron chi connectivity index (χ3n) is 3.98. The number of hydrogen-bond acceptors (Lipinski definition) is 5. The number of pyridine rings is 1. The van der Waals surface area contributed by atoms with E-state index in [0.29, 0.717) is 22.3 Å². The van der Waals surface area contributed by atoms with E-state index in [1.165, 1.54) is 6.07 Å². The molecule has 0 saturated carbocycles. The lowest BCUT2D eigenvalue weighted by molar-refractivity contribution is -0.385. The first-order valence-corrected chi connectivity index (χ1v) is 8.90. The molecule has 2 aromatic carbocycles. The van der Waals surface area contributed by atoms with E-state index in [1.807, 2.05) is 12.1 Å². The molecular weight excluding hydrogens is 342 g/mol. The van der Waals surface area contributed by atoms with Gasteiger partial charge in [0, 0.05) is 23.7 Å². The minimum Gasteiger partial charge on any atom is -0.277 e. The van der Waals surface area contributed by atoms with Gasteiger partial charge in [-0.05, 0) is 37.1 Å². The highest BCUT2D eigenvalue weighted by molar-refractivity contribution is 7.92. The zero-order valence-electron chi connectivity index (χ0n) is 13.6. The van der Waals surface area contributed by atoms with Gasteiger partial charge in [0.2, 0.25) is 0 Å². The Balaban J connectivity index is 2.13. The number of non-ortho nitro benzene ring substituents is 1. The normalized spacial score (nSPS) is 11.4. The SMILES string of the molecule is Cc1cc([N+](=O)[O-])cc(S(=O)(=O)Nc2cccc3cccnc23)c1C. The molecule has 1 heterocycles. The predicted molar refractivity (Wildman–Crippen MR) is 95.1 cm³/mol. The summed E-state index contributed by atoms with van der Waals surface area (Å²) in [5.41, 5.74) is 1.56. The van der Waals surface area contributed by atoms with Gasteiger partial charge in [-0.15, -0.1) is 0 Å². The Morgan fingerprint density at radius 1 is 1.12 bits per heavy atom. The van der Waals surface area contributed by atoms with E-state index >= 15 is 0 Å². The van der Waals surface area contributed by atoms with Crippen LogP contribution >= 0.6 is 0 Å². The molecular formula is C17H15N3O4S. The molecule has 0 saturated heterocycles. The van der Waals surface area contributed by atoms with Crippen molar-refractivity contribution in [2.24, 2.45) is 0 Å². The largest absolute Gasteiger partial charge is 0.277 e. The van der Waals surface area contributed by atoms with Crippen LogP contribution in [0.3, 0.4) is 0 Å². The summed E-state index contributed by atoms with van der Waals surface area (Å²) in [5.74, 6) is 0. The third-order valence-corrected chi connectivity index (χ3v) is 5.47. The Hall–Kier alpha value is -3.00. The summed E-state index contributed by atoms with van der Waals surface area (Å²) >= 11 is 0. The van der Waals surface area contributed by atoms with Crippen LogP contribution in [-0.4, -0.2) is 18.3 Å². The van der Waals surface area contributed by atoms with Crippen molar-refractivity contribution in [1.29, 1.82) is 0 Å². The van der Waals surface area contributed by atoms with E-state index in [9.17, 15) is 18.5 Å². The van der Waals surface area contributed by atoms with Gasteiger partial charge in [-0.3, -0.25) is 19.8 Å². The van der Waals surface area contributed by atoms with Crippen molar-refractivity contribution in [3.05, 3.63) is 69.9 Å². The van der Waals surface area contributed by atoms with E-state index in [0.717, 1.165) is 11.5 Å². The van der Waals surface area contributed by atoms with Crippen LogP contribution in [0, 0.1) is 24.0 Å². The fraction of sp³-hybridized carbons (Fsp3) is 0.118. The average Bonchev–Trinajstić information content (AvgIpc) is 2.57. The molecule has 0 fully saturated rings. The molecule has 0 unspecified atom stereocenters. The molecule has 1 aromatic heterocycles. The Morgan fingerprint density at radius 3 is 2.56 bits per heavy atom. The monoisotopic (exact) mass is 357 g/mol. The molecule has 1 N–H and O–H groups in total. The molecule has 0 aliphatic carbocycles. The number of fused-ring (bicyclic) bond motifs is 1. The summed E-state index contributed by atoms with van der Waals surface area (Å²) in [6, 6.07) is 11.2. The summed E-state index contributed by atoms with van der Waals surface area (Å²) in [6.45, 7) is 3.26. The van der Waals surface area contributed by atoms with Gasteiger partial charge in [0.15, 0.2) is 0 Å². The maximum Gasteiger partial charge on any atom is 0.271 e. The molecule has 25 heavy (non-hydrogen) atoms. The van der Waals surface area contributed by atoms with Gasteiger partial charge in [-0.1, -0.05) is 18.2 Å². The van der Waals surface area contributed by atoms with Gasteiger partial charge in [-0.25, -0.2) is 8.42 Å². The van der Waals surface area contributed by atoms with Crippen LogP contribution in [-0.2, 0) is 10.0 Å². The molecule has 7 nitrogen and oxygen atoms in total. The van der Waals surface area contributed by atoms with E-state index < -0.39 is 14.9 Å². The zero-order chi connectivity index (χ0) is 18.2. The average molecular weight is 357 g/mol. The molecule has 0 bridgehead atoms. The molecule has 0 amide bonds. The van der Waals surface area contributed by atoms with Gasteiger partial charge < -0.3 is 0 Å². The van der Waals surface area contributed by atoms with Crippen LogP contribution in [0.1, 0.15) is 11.1 Å². The topological polar surface area (TPSA) is 102 Å². The number of nitrogens with zero attached hydrogens (tertiary/aromatic N) is 2. The summed E-state index contributed by atoms with van der Waals surface area (Å²) < 4.78 is 28.2. The first-order chi connectivity index (χ1) is 11.8. The Kier molecular flexibility index (Phi) is 4.13. The van der Waals surface area contributed by atoms with Gasteiger partial charge in [0.05, 0.1) is 21.0 Å². The van der Waals surface area contributed by atoms with Crippen LogP contribution in [0.15, 0.2) is 53.6 Å². The third kappa shape index (κ3) is 3.16. The number of hydrogen-bond donors (Lipinski definition) is 1. The number of anilines is 1. The maximum absolute atomic E-state index is 12.8. The van der Waals surface area contributed by atoms with Crippen molar-refractivity contribution >= 4 is 32.3 Å². The van der Waals surface area contributed by atoms with Gasteiger partial charge in [0.25, 0.3) is 15.7 Å². The highest BCUT2D eigenvalue weighted by Crippen LogP contribution is 2.29. The van der Waals surface area contributed by atoms with Crippen LogP contribution in [0.25, 0.3) is 10.9 Å². The van der Waals surface area contributed by atoms with Crippen LogP contribution in [0.5, 0.6) is 0 Å². The van der Waals surface area contributed by atoms with Crippen LogP contribution < -0.4 is 4.72 Å². The molecule has 8 heteroatoms. The van der Waals surface area contributed by atoms with E-state index in [2.05, 4.69) is 9.71 Å². The smallest absolute Gasteiger partial charge is 0.271 e. The molecule has 0 aliphatic heterocycles. The molecule has 0 aliphatic rings. The van der Waals surface area contributed by atoms with Crippen molar-refractivity contribution in [3.63, 3.8) is 0 Å². The number of benzene rings is 2. The molecule has 3 rings (SSSR count). The van der Waals surface area contributed by atoms with E-state index in [-0.39, 0.29) is 10.6 Å². The lowest BCUT2D eigenvalue weighted by Crippen LogP contribution is -2.15.